The summed E-state index contributed by atoms with van der Waals surface area (Å²) in [5, 5.41) is 19.8. The SMILES string of the molecule is CCCCCCCCCCCCNC(=O)CCNCCCNCCCCN(CCCNCCC(=O)NCCCCCCCCCC)CCC(=O)NCCCCCCCCCCCC. The van der Waals surface area contributed by atoms with Crippen molar-refractivity contribution in [1.29, 1.82) is 0 Å². The van der Waals surface area contributed by atoms with Crippen LogP contribution in [0.5, 0.6) is 0 Å². The van der Waals surface area contributed by atoms with E-state index in [4.69, 9.17) is 0 Å². The number of rotatable bonds is 53. The van der Waals surface area contributed by atoms with Gasteiger partial charge in [0.1, 0.15) is 0 Å². The first-order valence-electron chi connectivity index (χ1n) is 27.7. The van der Waals surface area contributed by atoms with Crippen molar-refractivity contribution in [1.82, 2.24) is 36.8 Å². The van der Waals surface area contributed by atoms with Crippen LogP contribution >= 0.6 is 0 Å². The molecule has 0 atom stereocenters. The molecule has 0 saturated heterocycles. The number of hydrogen-bond acceptors (Lipinski definition) is 7. The molecule has 0 fully saturated rings. The fourth-order valence-corrected chi connectivity index (χ4v) is 8.16. The summed E-state index contributed by atoms with van der Waals surface area (Å²) in [6, 6.07) is 0. The molecule has 0 aromatic rings. The molecule has 0 unspecified atom stereocenters. The Kier molecular flexibility index (Phi) is 51.4. The topological polar surface area (TPSA) is 127 Å². The molecule has 374 valence electrons. The van der Waals surface area contributed by atoms with E-state index in [1.807, 2.05) is 0 Å². The lowest BCUT2D eigenvalue weighted by atomic mass is 10.1. The van der Waals surface area contributed by atoms with E-state index < -0.39 is 0 Å². The summed E-state index contributed by atoms with van der Waals surface area (Å²) >= 11 is 0. The van der Waals surface area contributed by atoms with Gasteiger partial charge in [0.25, 0.3) is 0 Å². The van der Waals surface area contributed by atoms with Crippen LogP contribution in [0.2, 0.25) is 0 Å². The number of unbranched alkanes of at least 4 members (excludes halogenated alkanes) is 26. The van der Waals surface area contributed by atoms with Gasteiger partial charge < -0.3 is 36.8 Å². The van der Waals surface area contributed by atoms with Crippen LogP contribution in [0.4, 0.5) is 0 Å². The monoisotopic (exact) mass is 892 g/mol. The molecule has 0 bridgehead atoms. The zero-order valence-corrected chi connectivity index (χ0v) is 42.4. The summed E-state index contributed by atoms with van der Waals surface area (Å²) in [5.41, 5.74) is 0. The Hall–Kier alpha value is -1.75. The molecule has 0 heterocycles. The van der Waals surface area contributed by atoms with Crippen LogP contribution in [0.1, 0.15) is 245 Å². The minimum atomic E-state index is 0.148. The lowest BCUT2D eigenvalue weighted by Crippen LogP contribution is -2.34. The fourth-order valence-electron chi connectivity index (χ4n) is 8.16. The lowest BCUT2D eigenvalue weighted by molar-refractivity contribution is -0.122. The molecule has 0 aliphatic carbocycles. The Morgan fingerprint density at radius 1 is 0.270 bits per heavy atom. The lowest BCUT2D eigenvalue weighted by Gasteiger charge is -2.22. The third-order valence-electron chi connectivity index (χ3n) is 12.4. The number of hydrogen-bond donors (Lipinski definition) is 6. The van der Waals surface area contributed by atoms with Crippen molar-refractivity contribution >= 4 is 17.7 Å². The van der Waals surface area contributed by atoms with Gasteiger partial charge in [0.2, 0.25) is 17.7 Å². The molecule has 0 aliphatic rings. The standard InChI is InChI=1S/C53H109N7O3/c1-4-7-10-13-16-19-21-24-27-30-44-57-51(61)36-46-55-41-34-40-54-39-32-33-48-60(50-38-53(63)59-45-31-28-25-22-20-17-14-11-8-5-2)49-35-42-56-47-37-52(62)58-43-29-26-23-18-15-12-9-6-3/h54-56H,4-50H2,1-3H3,(H,57,61)(H,58,62)(H,59,63). The number of nitrogens with zero attached hydrogens (tertiary/aromatic N) is 1. The Labute approximate surface area is 391 Å². The Bertz CT molecular complexity index is 956. The predicted octanol–water partition coefficient (Wildman–Crippen LogP) is 11.1. The summed E-state index contributed by atoms with van der Waals surface area (Å²) in [7, 11) is 0. The van der Waals surface area contributed by atoms with Crippen LogP contribution in [0.15, 0.2) is 0 Å². The second-order valence-corrected chi connectivity index (χ2v) is 18.6. The first-order valence-corrected chi connectivity index (χ1v) is 27.7. The average Bonchev–Trinajstić information content (AvgIpc) is 3.28. The van der Waals surface area contributed by atoms with Gasteiger partial charge in [0.15, 0.2) is 0 Å². The highest BCUT2D eigenvalue weighted by Gasteiger charge is 2.09. The molecule has 0 rings (SSSR count). The molecule has 0 aromatic carbocycles. The third kappa shape index (κ3) is 51.1. The average molecular weight is 893 g/mol. The molecule has 0 aromatic heterocycles. The minimum Gasteiger partial charge on any atom is -0.356 e. The number of carbonyl (C=O) groups is 3. The maximum atomic E-state index is 12.7. The first kappa shape index (κ1) is 61.2. The summed E-state index contributed by atoms with van der Waals surface area (Å²) in [6.45, 7) is 17.2. The maximum Gasteiger partial charge on any atom is 0.221 e. The summed E-state index contributed by atoms with van der Waals surface area (Å²) in [4.78, 5) is 39.7. The quantitative estimate of drug-likeness (QED) is 0.0336. The summed E-state index contributed by atoms with van der Waals surface area (Å²) < 4.78 is 0. The van der Waals surface area contributed by atoms with Gasteiger partial charge in [0, 0.05) is 58.5 Å². The molecule has 3 amide bonds. The first-order chi connectivity index (χ1) is 31.0. The number of amides is 3. The van der Waals surface area contributed by atoms with Crippen LogP contribution in [-0.4, -0.2) is 101 Å². The van der Waals surface area contributed by atoms with Gasteiger partial charge in [-0.05, 0) is 84.2 Å². The zero-order valence-electron chi connectivity index (χ0n) is 42.4. The Morgan fingerprint density at radius 2 is 0.556 bits per heavy atom. The van der Waals surface area contributed by atoms with Crippen molar-refractivity contribution in [2.24, 2.45) is 0 Å². The van der Waals surface area contributed by atoms with Gasteiger partial charge in [-0.3, -0.25) is 14.4 Å². The van der Waals surface area contributed by atoms with Crippen LogP contribution in [-0.2, 0) is 14.4 Å². The van der Waals surface area contributed by atoms with Crippen LogP contribution in [0.25, 0.3) is 0 Å². The van der Waals surface area contributed by atoms with E-state index >= 15 is 0 Å². The number of nitrogens with one attached hydrogen (secondary N) is 6. The van der Waals surface area contributed by atoms with Gasteiger partial charge in [-0.2, -0.15) is 0 Å². The summed E-state index contributed by atoms with van der Waals surface area (Å²) in [5.74, 6) is 0.484. The van der Waals surface area contributed by atoms with Crippen molar-refractivity contribution in [2.75, 3.05) is 78.5 Å². The van der Waals surface area contributed by atoms with E-state index in [2.05, 4.69) is 57.6 Å². The van der Waals surface area contributed by atoms with Crippen molar-refractivity contribution in [3.05, 3.63) is 0 Å². The molecular weight excluding hydrogens is 783 g/mol. The second-order valence-electron chi connectivity index (χ2n) is 18.6. The van der Waals surface area contributed by atoms with E-state index in [-0.39, 0.29) is 17.7 Å². The normalized spacial score (nSPS) is 11.4. The minimum absolute atomic E-state index is 0.148. The van der Waals surface area contributed by atoms with Crippen molar-refractivity contribution in [3.8, 4) is 0 Å². The van der Waals surface area contributed by atoms with E-state index in [1.54, 1.807) is 0 Å². The van der Waals surface area contributed by atoms with Gasteiger partial charge in [0.05, 0.1) is 0 Å². The van der Waals surface area contributed by atoms with Gasteiger partial charge in [-0.25, -0.2) is 0 Å². The molecule has 10 heteroatoms. The van der Waals surface area contributed by atoms with Crippen LogP contribution in [0, 0.1) is 0 Å². The molecule has 0 aliphatic heterocycles. The smallest absolute Gasteiger partial charge is 0.221 e. The largest absolute Gasteiger partial charge is 0.356 e. The maximum absolute atomic E-state index is 12.7. The highest BCUT2D eigenvalue weighted by atomic mass is 16.2. The van der Waals surface area contributed by atoms with Crippen molar-refractivity contribution < 1.29 is 14.4 Å². The molecule has 0 spiro atoms. The van der Waals surface area contributed by atoms with Crippen LogP contribution in [0.3, 0.4) is 0 Å². The fraction of sp³-hybridized carbons (Fsp3) is 0.943. The van der Waals surface area contributed by atoms with E-state index in [1.165, 1.54) is 161 Å². The molecule has 0 saturated carbocycles. The third-order valence-corrected chi connectivity index (χ3v) is 12.4. The Balaban J connectivity index is 4.14. The Morgan fingerprint density at radius 3 is 0.952 bits per heavy atom. The van der Waals surface area contributed by atoms with E-state index in [0.717, 1.165) is 117 Å². The molecule has 10 nitrogen and oxygen atoms in total. The second kappa shape index (κ2) is 52.9. The van der Waals surface area contributed by atoms with Crippen molar-refractivity contribution in [2.45, 2.75) is 245 Å². The highest BCUT2D eigenvalue weighted by molar-refractivity contribution is 5.76. The van der Waals surface area contributed by atoms with Crippen LogP contribution < -0.4 is 31.9 Å². The highest BCUT2D eigenvalue weighted by Crippen LogP contribution is 2.12. The molecular formula is C53H109N7O3. The predicted molar refractivity (Wildman–Crippen MR) is 273 cm³/mol. The molecule has 6 N–H and O–H groups in total. The van der Waals surface area contributed by atoms with Gasteiger partial charge in [-0.1, -0.05) is 181 Å². The molecule has 63 heavy (non-hydrogen) atoms. The van der Waals surface area contributed by atoms with Gasteiger partial charge in [-0.15, -0.1) is 0 Å². The summed E-state index contributed by atoms with van der Waals surface area (Å²) in [6.07, 6.45) is 42.4. The number of carbonyl (C=O) groups excluding carboxylic acids is 3. The zero-order chi connectivity index (χ0) is 45.8. The van der Waals surface area contributed by atoms with Gasteiger partial charge >= 0.3 is 0 Å². The molecule has 0 radical (unpaired) electrons. The van der Waals surface area contributed by atoms with E-state index in [0.29, 0.717) is 25.8 Å². The van der Waals surface area contributed by atoms with Crippen molar-refractivity contribution in [3.63, 3.8) is 0 Å². The van der Waals surface area contributed by atoms with E-state index in [9.17, 15) is 14.4 Å².